The zero-order valence-corrected chi connectivity index (χ0v) is 24.1. The van der Waals surface area contributed by atoms with E-state index in [1.54, 1.807) is 37.3 Å². The molecule has 0 saturated heterocycles. The van der Waals surface area contributed by atoms with E-state index in [-0.39, 0.29) is 48.5 Å². The average molecular weight is 577 g/mol. The maximum Gasteiger partial charge on any atom is 0.242 e. The predicted octanol–water partition coefficient (Wildman–Crippen LogP) is 5.53. The Kier molecular flexibility index (Phi) is 10.5. The van der Waals surface area contributed by atoms with Gasteiger partial charge in [-0.05, 0) is 70.0 Å². The highest BCUT2D eigenvalue weighted by Crippen LogP contribution is 2.31. The number of halogens is 3. The first-order valence-electron chi connectivity index (χ1n) is 11.4. The van der Waals surface area contributed by atoms with Crippen molar-refractivity contribution in [2.45, 2.75) is 58.7 Å². The highest BCUT2D eigenvalue weighted by Gasteiger charge is 2.29. The van der Waals surface area contributed by atoms with Crippen LogP contribution in [0.3, 0.4) is 0 Å². The van der Waals surface area contributed by atoms with Gasteiger partial charge in [0.25, 0.3) is 0 Å². The molecule has 1 atom stereocenters. The molecule has 0 radical (unpaired) electrons. The zero-order valence-electron chi connectivity index (χ0n) is 21.0. The summed E-state index contributed by atoms with van der Waals surface area (Å²) in [4.78, 5) is 27.7. The van der Waals surface area contributed by atoms with Gasteiger partial charge in [-0.1, -0.05) is 46.9 Å². The Hall–Kier alpha value is -2.00. The standard InChI is InChI=1S/C25H32Cl3N3O4S/c1-17(24(33)29-25(2,3)4)30(16-18-8-10-19(26)11-9-18)23(32)7-6-14-31(36(5,34)35)22-15-20(27)12-13-21(22)28/h8-13,15,17H,6-7,14,16H2,1-5H3,(H,29,33)/t17-/m1/s1. The van der Waals surface area contributed by atoms with Crippen molar-refractivity contribution in [1.29, 1.82) is 0 Å². The Bertz CT molecular complexity index is 1180. The molecular formula is C25H32Cl3N3O4S. The number of nitrogens with zero attached hydrogens (tertiary/aromatic N) is 2. The maximum absolute atomic E-state index is 13.3. The van der Waals surface area contributed by atoms with Crippen molar-refractivity contribution >= 4 is 62.3 Å². The summed E-state index contributed by atoms with van der Waals surface area (Å²) in [6.07, 6.45) is 1.29. The molecule has 2 aromatic rings. The summed E-state index contributed by atoms with van der Waals surface area (Å²) in [5, 5.41) is 4.04. The minimum atomic E-state index is -3.69. The van der Waals surface area contributed by atoms with Crippen molar-refractivity contribution in [2.24, 2.45) is 0 Å². The van der Waals surface area contributed by atoms with E-state index in [1.165, 1.54) is 17.0 Å². The molecule has 0 saturated carbocycles. The highest BCUT2D eigenvalue weighted by molar-refractivity contribution is 7.92. The molecule has 36 heavy (non-hydrogen) atoms. The number of hydrogen-bond donors (Lipinski definition) is 1. The van der Waals surface area contributed by atoms with Crippen LogP contribution in [0.25, 0.3) is 0 Å². The predicted molar refractivity (Wildman–Crippen MR) is 147 cm³/mol. The minimum absolute atomic E-state index is 0.0159. The molecule has 2 amide bonds. The molecule has 0 heterocycles. The first-order chi connectivity index (χ1) is 16.6. The lowest BCUT2D eigenvalue weighted by molar-refractivity contribution is -0.141. The van der Waals surface area contributed by atoms with E-state index in [1.807, 2.05) is 20.8 Å². The number of nitrogens with one attached hydrogen (secondary N) is 1. The molecule has 1 N–H and O–H groups in total. The van der Waals surface area contributed by atoms with E-state index in [4.69, 9.17) is 34.8 Å². The lowest BCUT2D eigenvalue weighted by Crippen LogP contribution is -2.52. The monoisotopic (exact) mass is 575 g/mol. The number of anilines is 1. The van der Waals surface area contributed by atoms with E-state index in [0.29, 0.717) is 10.0 Å². The van der Waals surface area contributed by atoms with Gasteiger partial charge in [-0.15, -0.1) is 0 Å². The van der Waals surface area contributed by atoms with Gasteiger partial charge < -0.3 is 10.2 Å². The molecule has 0 spiro atoms. The molecular weight excluding hydrogens is 545 g/mol. The molecule has 0 aliphatic heterocycles. The van der Waals surface area contributed by atoms with Crippen LogP contribution in [-0.4, -0.2) is 49.5 Å². The van der Waals surface area contributed by atoms with E-state index < -0.39 is 21.6 Å². The number of amides is 2. The molecule has 0 aromatic heterocycles. The highest BCUT2D eigenvalue weighted by atomic mass is 35.5. The summed E-state index contributed by atoms with van der Waals surface area (Å²) in [6, 6.07) is 10.8. The van der Waals surface area contributed by atoms with Crippen LogP contribution in [0.4, 0.5) is 5.69 Å². The summed E-state index contributed by atoms with van der Waals surface area (Å²) in [6.45, 7) is 7.48. The van der Waals surface area contributed by atoms with Crippen molar-refractivity contribution in [1.82, 2.24) is 10.2 Å². The fraction of sp³-hybridized carbons (Fsp3) is 0.440. The molecule has 0 aliphatic carbocycles. The van der Waals surface area contributed by atoms with Crippen LogP contribution in [0, 0.1) is 0 Å². The van der Waals surface area contributed by atoms with Gasteiger partial charge in [0.1, 0.15) is 6.04 Å². The lowest BCUT2D eigenvalue weighted by Gasteiger charge is -2.32. The zero-order chi connectivity index (χ0) is 27.3. The smallest absolute Gasteiger partial charge is 0.242 e. The summed E-state index contributed by atoms with van der Waals surface area (Å²) in [7, 11) is -3.69. The second kappa shape index (κ2) is 12.5. The SMILES string of the molecule is C[C@H](C(=O)NC(C)(C)C)N(Cc1ccc(Cl)cc1)C(=O)CCCN(c1cc(Cl)ccc1Cl)S(C)(=O)=O. The minimum Gasteiger partial charge on any atom is -0.350 e. The van der Waals surface area contributed by atoms with Gasteiger partial charge in [0.15, 0.2) is 0 Å². The fourth-order valence-electron chi connectivity index (χ4n) is 3.50. The Morgan fingerprint density at radius 1 is 1.00 bits per heavy atom. The summed E-state index contributed by atoms with van der Waals surface area (Å²) in [5.41, 5.74) is 0.591. The van der Waals surface area contributed by atoms with Crippen molar-refractivity contribution in [2.75, 3.05) is 17.1 Å². The Morgan fingerprint density at radius 2 is 1.58 bits per heavy atom. The third-order valence-corrected chi connectivity index (χ3v) is 7.25. The number of sulfonamides is 1. The van der Waals surface area contributed by atoms with Crippen LogP contribution in [0.5, 0.6) is 0 Å². The van der Waals surface area contributed by atoms with Crippen LogP contribution in [0.15, 0.2) is 42.5 Å². The molecule has 2 aromatic carbocycles. The van der Waals surface area contributed by atoms with Crippen LogP contribution in [0.1, 0.15) is 46.1 Å². The van der Waals surface area contributed by atoms with Gasteiger partial charge in [0, 0.05) is 35.1 Å². The Morgan fingerprint density at radius 3 is 2.14 bits per heavy atom. The second-order valence-corrected chi connectivity index (χ2v) is 12.8. The van der Waals surface area contributed by atoms with Crippen LogP contribution < -0.4 is 9.62 Å². The summed E-state index contributed by atoms with van der Waals surface area (Å²) >= 11 is 18.3. The van der Waals surface area contributed by atoms with Gasteiger partial charge in [-0.3, -0.25) is 13.9 Å². The van der Waals surface area contributed by atoms with Gasteiger partial charge in [-0.2, -0.15) is 0 Å². The number of benzene rings is 2. The van der Waals surface area contributed by atoms with E-state index in [0.717, 1.165) is 16.1 Å². The summed E-state index contributed by atoms with van der Waals surface area (Å²) < 4.78 is 26.1. The quantitative estimate of drug-likeness (QED) is 0.403. The van der Waals surface area contributed by atoms with E-state index in [9.17, 15) is 18.0 Å². The molecule has 2 rings (SSSR count). The van der Waals surface area contributed by atoms with Crippen LogP contribution >= 0.6 is 34.8 Å². The second-order valence-electron chi connectivity index (χ2n) is 9.60. The molecule has 198 valence electrons. The van der Waals surface area contributed by atoms with Gasteiger partial charge in [-0.25, -0.2) is 8.42 Å². The number of rotatable bonds is 10. The van der Waals surface area contributed by atoms with Crippen LogP contribution in [-0.2, 0) is 26.2 Å². The molecule has 7 nitrogen and oxygen atoms in total. The van der Waals surface area contributed by atoms with Crippen molar-refractivity contribution in [3.63, 3.8) is 0 Å². The fourth-order valence-corrected chi connectivity index (χ4v) is 5.03. The molecule has 0 bridgehead atoms. The van der Waals surface area contributed by atoms with Gasteiger partial charge in [0.05, 0.1) is 17.0 Å². The number of hydrogen-bond acceptors (Lipinski definition) is 4. The first kappa shape index (κ1) is 30.2. The normalized spacial score (nSPS) is 12.7. The third kappa shape index (κ3) is 9.14. The topological polar surface area (TPSA) is 86.8 Å². The lowest BCUT2D eigenvalue weighted by atomic mass is 10.1. The van der Waals surface area contributed by atoms with E-state index in [2.05, 4.69) is 5.32 Å². The largest absolute Gasteiger partial charge is 0.350 e. The summed E-state index contributed by atoms with van der Waals surface area (Å²) in [5.74, 6) is -0.569. The van der Waals surface area contributed by atoms with Gasteiger partial charge >= 0.3 is 0 Å². The molecule has 11 heteroatoms. The number of carbonyl (C=O) groups is 2. The average Bonchev–Trinajstić information content (AvgIpc) is 2.75. The van der Waals surface area contributed by atoms with Crippen molar-refractivity contribution in [3.8, 4) is 0 Å². The van der Waals surface area contributed by atoms with Crippen LogP contribution in [0.2, 0.25) is 15.1 Å². The Balaban J connectivity index is 2.22. The van der Waals surface area contributed by atoms with Gasteiger partial charge in [0.2, 0.25) is 21.8 Å². The molecule has 0 aliphatic rings. The van der Waals surface area contributed by atoms with E-state index >= 15 is 0 Å². The molecule has 0 unspecified atom stereocenters. The van der Waals surface area contributed by atoms with Crippen molar-refractivity contribution in [3.05, 3.63) is 63.1 Å². The molecule has 0 fully saturated rings. The maximum atomic E-state index is 13.3. The Labute approximate surface area is 228 Å². The number of carbonyl (C=O) groups excluding carboxylic acids is 2. The first-order valence-corrected chi connectivity index (χ1v) is 14.4. The third-order valence-electron chi connectivity index (χ3n) is 5.26. The van der Waals surface area contributed by atoms with Crippen molar-refractivity contribution < 1.29 is 18.0 Å².